The van der Waals surface area contributed by atoms with Crippen molar-refractivity contribution in [2.45, 2.75) is 52.3 Å². The van der Waals surface area contributed by atoms with Gasteiger partial charge in [0.05, 0.1) is 0 Å². The average molecular weight is 397 g/mol. The molecule has 6 heteroatoms. The van der Waals surface area contributed by atoms with E-state index in [4.69, 9.17) is 4.74 Å². The Morgan fingerprint density at radius 3 is 2.08 bits per heavy atom. The Labute approximate surface area is 152 Å². The van der Waals surface area contributed by atoms with Gasteiger partial charge in [0.2, 0.25) is 0 Å². The van der Waals surface area contributed by atoms with E-state index in [1.54, 1.807) is 4.90 Å². The van der Waals surface area contributed by atoms with Gasteiger partial charge >= 0.3 is 6.09 Å². The monoisotopic (exact) mass is 396 g/mol. The maximum atomic E-state index is 12.7. The molecular weight excluding hydrogens is 372 g/mol. The van der Waals surface area contributed by atoms with Crippen molar-refractivity contribution < 1.29 is 14.3 Å². The molecule has 0 aliphatic carbocycles. The zero-order valence-corrected chi connectivity index (χ0v) is 16.5. The van der Waals surface area contributed by atoms with E-state index in [0.29, 0.717) is 18.7 Å². The van der Waals surface area contributed by atoms with E-state index in [2.05, 4.69) is 15.9 Å². The van der Waals surface area contributed by atoms with E-state index in [9.17, 15) is 9.59 Å². The third kappa shape index (κ3) is 4.50. The first-order valence-electron chi connectivity index (χ1n) is 8.14. The Kier molecular flexibility index (Phi) is 5.58. The van der Waals surface area contributed by atoms with Crippen molar-refractivity contribution in [2.75, 3.05) is 13.1 Å². The fraction of sp³-hybridized carbons (Fsp3) is 0.556. The Morgan fingerprint density at radius 2 is 1.54 bits per heavy atom. The summed E-state index contributed by atoms with van der Waals surface area (Å²) < 4.78 is 6.41. The van der Waals surface area contributed by atoms with E-state index in [1.165, 1.54) is 0 Å². The number of ether oxygens (including phenoxy) is 1. The smallest absolute Gasteiger partial charge is 0.410 e. The zero-order chi connectivity index (χ0) is 18.1. The van der Waals surface area contributed by atoms with Gasteiger partial charge in [-0.15, -0.1) is 0 Å². The molecule has 0 spiro atoms. The lowest BCUT2D eigenvalue weighted by atomic mass is 10.1. The lowest BCUT2D eigenvalue weighted by molar-refractivity contribution is -0.00788. The second-order valence-electron chi connectivity index (χ2n) is 7.30. The fourth-order valence-electron chi connectivity index (χ4n) is 2.74. The molecule has 1 fully saturated rings. The normalized spacial score (nSPS) is 21.6. The van der Waals surface area contributed by atoms with Crippen molar-refractivity contribution in [1.82, 2.24) is 9.80 Å². The third-order valence-electron chi connectivity index (χ3n) is 3.97. The highest BCUT2D eigenvalue weighted by Crippen LogP contribution is 2.21. The Hall–Kier alpha value is -1.56. The average Bonchev–Trinajstić information content (AvgIpc) is 2.47. The summed E-state index contributed by atoms with van der Waals surface area (Å²) in [5.41, 5.74) is 0.132. The molecule has 1 aliphatic heterocycles. The molecule has 132 valence electrons. The van der Waals surface area contributed by atoms with Crippen LogP contribution in [0.3, 0.4) is 0 Å². The molecular formula is C18H25BrN2O3. The van der Waals surface area contributed by atoms with Crippen LogP contribution < -0.4 is 0 Å². The van der Waals surface area contributed by atoms with Crippen LogP contribution in [0.5, 0.6) is 0 Å². The number of benzene rings is 1. The first kappa shape index (κ1) is 18.8. The van der Waals surface area contributed by atoms with E-state index in [0.717, 1.165) is 4.47 Å². The summed E-state index contributed by atoms with van der Waals surface area (Å²) in [5.74, 6) is -0.00862. The molecule has 1 aromatic carbocycles. The van der Waals surface area contributed by atoms with Crippen molar-refractivity contribution in [1.29, 1.82) is 0 Å². The molecule has 2 rings (SSSR count). The van der Waals surface area contributed by atoms with Crippen LogP contribution in [0.15, 0.2) is 28.7 Å². The van der Waals surface area contributed by atoms with E-state index < -0.39 is 5.60 Å². The number of piperazine rings is 1. The molecule has 1 saturated heterocycles. The lowest BCUT2D eigenvalue weighted by Crippen LogP contribution is -2.60. The topological polar surface area (TPSA) is 49.9 Å². The molecule has 24 heavy (non-hydrogen) atoms. The summed E-state index contributed by atoms with van der Waals surface area (Å²) in [6.07, 6.45) is -0.322. The first-order chi connectivity index (χ1) is 11.1. The van der Waals surface area contributed by atoms with Gasteiger partial charge in [0, 0.05) is 35.2 Å². The quantitative estimate of drug-likeness (QED) is 0.722. The van der Waals surface area contributed by atoms with Gasteiger partial charge in [-0.2, -0.15) is 0 Å². The molecule has 1 heterocycles. The largest absolute Gasteiger partial charge is 0.444 e. The van der Waals surface area contributed by atoms with E-state index in [-0.39, 0.29) is 24.1 Å². The first-order valence-corrected chi connectivity index (χ1v) is 8.94. The minimum absolute atomic E-state index is 0.00862. The minimum Gasteiger partial charge on any atom is -0.444 e. The van der Waals surface area contributed by atoms with Crippen LogP contribution in [-0.4, -0.2) is 52.6 Å². The van der Waals surface area contributed by atoms with Crippen molar-refractivity contribution in [3.8, 4) is 0 Å². The predicted octanol–water partition coefficient (Wildman–Crippen LogP) is 3.92. The van der Waals surface area contributed by atoms with Crippen molar-refractivity contribution in [2.24, 2.45) is 0 Å². The summed E-state index contributed by atoms with van der Waals surface area (Å²) in [4.78, 5) is 28.6. The molecule has 1 aliphatic rings. The van der Waals surface area contributed by atoms with Crippen LogP contribution in [-0.2, 0) is 4.74 Å². The zero-order valence-electron chi connectivity index (χ0n) is 14.9. The van der Waals surface area contributed by atoms with E-state index >= 15 is 0 Å². The molecule has 2 atom stereocenters. The number of halogens is 1. The summed E-state index contributed by atoms with van der Waals surface area (Å²) in [7, 11) is 0. The Bertz CT molecular complexity index is 610. The summed E-state index contributed by atoms with van der Waals surface area (Å²) in [6, 6.07) is 7.19. The van der Waals surface area contributed by atoms with Crippen LogP contribution in [0.4, 0.5) is 4.79 Å². The summed E-state index contributed by atoms with van der Waals surface area (Å²) in [5, 5.41) is 0. The molecule has 0 bridgehead atoms. The maximum absolute atomic E-state index is 12.7. The maximum Gasteiger partial charge on any atom is 0.410 e. The minimum atomic E-state index is -0.523. The third-order valence-corrected chi connectivity index (χ3v) is 4.49. The van der Waals surface area contributed by atoms with Gasteiger partial charge in [-0.1, -0.05) is 15.9 Å². The van der Waals surface area contributed by atoms with Gasteiger partial charge < -0.3 is 14.5 Å². The SMILES string of the molecule is C[C@@H]1CN(C(=O)OC(C)(C)C)[C@@H](C)CN1C(=O)c1ccc(Br)cc1. The molecule has 1 aromatic rings. The summed E-state index contributed by atoms with van der Waals surface area (Å²) in [6.45, 7) is 10.4. The second-order valence-corrected chi connectivity index (χ2v) is 8.21. The summed E-state index contributed by atoms with van der Waals surface area (Å²) >= 11 is 3.38. The van der Waals surface area contributed by atoms with Crippen molar-refractivity contribution >= 4 is 27.9 Å². The van der Waals surface area contributed by atoms with Gasteiger partial charge in [0.1, 0.15) is 5.60 Å². The molecule has 0 aromatic heterocycles. The van der Waals surface area contributed by atoms with Gasteiger partial charge in [0.25, 0.3) is 5.91 Å². The van der Waals surface area contributed by atoms with Gasteiger partial charge in [0.15, 0.2) is 0 Å². The number of hydrogen-bond acceptors (Lipinski definition) is 3. The van der Waals surface area contributed by atoms with Gasteiger partial charge in [-0.05, 0) is 58.9 Å². The van der Waals surface area contributed by atoms with Crippen LogP contribution in [0.25, 0.3) is 0 Å². The number of amides is 2. The Balaban J connectivity index is 2.08. The highest BCUT2D eigenvalue weighted by Gasteiger charge is 2.36. The molecule has 5 nitrogen and oxygen atoms in total. The molecule has 0 unspecified atom stereocenters. The number of carbonyl (C=O) groups is 2. The highest BCUT2D eigenvalue weighted by molar-refractivity contribution is 9.10. The fourth-order valence-corrected chi connectivity index (χ4v) is 3.01. The second kappa shape index (κ2) is 7.13. The predicted molar refractivity (Wildman–Crippen MR) is 97.0 cm³/mol. The molecule has 2 amide bonds. The number of carbonyl (C=O) groups excluding carboxylic acids is 2. The lowest BCUT2D eigenvalue weighted by Gasteiger charge is -2.44. The van der Waals surface area contributed by atoms with Crippen LogP contribution in [0, 0.1) is 0 Å². The van der Waals surface area contributed by atoms with Crippen LogP contribution >= 0.6 is 15.9 Å². The standard InChI is InChI=1S/C18H25BrN2O3/c1-12-11-21(17(23)24-18(3,4)5)13(2)10-20(12)16(22)14-6-8-15(19)9-7-14/h6-9,12-13H,10-11H2,1-5H3/t12-,13+/m1/s1. The molecule has 0 radical (unpaired) electrons. The number of nitrogens with zero attached hydrogens (tertiary/aromatic N) is 2. The molecule has 0 saturated carbocycles. The van der Waals surface area contributed by atoms with Crippen LogP contribution in [0.1, 0.15) is 45.0 Å². The number of rotatable bonds is 1. The van der Waals surface area contributed by atoms with Gasteiger partial charge in [-0.3, -0.25) is 4.79 Å². The van der Waals surface area contributed by atoms with Crippen LogP contribution in [0.2, 0.25) is 0 Å². The van der Waals surface area contributed by atoms with E-state index in [1.807, 2.05) is 63.8 Å². The number of hydrogen-bond donors (Lipinski definition) is 0. The Morgan fingerprint density at radius 1 is 1.04 bits per heavy atom. The van der Waals surface area contributed by atoms with Crippen molar-refractivity contribution in [3.05, 3.63) is 34.3 Å². The van der Waals surface area contributed by atoms with Crippen molar-refractivity contribution in [3.63, 3.8) is 0 Å². The molecule has 0 N–H and O–H groups in total. The highest BCUT2D eigenvalue weighted by atomic mass is 79.9. The van der Waals surface area contributed by atoms with Gasteiger partial charge in [-0.25, -0.2) is 4.79 Å².